The van der Waals surface area contributed by atoms with E-state index in [1.54, 1.807) is 0 Å². The third-order valence-electron chi connectivity index (χ3n) is 3.67. The number of rotatable bonds is 8. The van der Waals surface area contributed by atoms with Crippen LogP contribution in [0.5, 0.6) is 0 Å². The zero-order chi connectivity index (χ0) is 14.3. The van der Waals surface area contributed by atoms with Crippen LogP contribution >= 0.6 is 0 Å². The minimum absolute atomic E-state index is 0.588. The molecular weight excluding hydrogens is 232 g/mol. The van der Waals surface area contributed by atoms with Gasteiger partial charge in [0.2, 0.25) is 0 Å². The summed E-state index contributed by atoms with van der Waals surface area (Å²) in [5.41, 5.74) is 2.63. The van der Waals surface area contributed by atoms with Crippen LogP contribution in [0.1, 0.15) is 45.6 Å². The van der Waals surface area contributed by atoms with Crippen LogP contribution in [0.2, 0.25) is 0 Å². The Morgan fingerprint density at radius 1 is 1.16 bits per heavy atom. The Morgan fingerprint density at radius 3 is 2.47 bits per heavy atom. The average molecular weight is 262 g/mol. The molecule has 2 heteroatoms. The van der Waals surface area contributed by atoms with Crippen molar-refractivity contribution in [3.63, 3.8) is 0 Å². The first-order chi connectivity index (χ1) is 9.05. The molecule has 0 heterocycles. The predicted octanol–water partition coefficient (Wildman–Crippen LogP) is 4.37. The third kappa shape index (κ3) is 6.11. The fourth-order valence-electron chi connectivity index (χ4n) is 2.34. The maximum absolute atomic E-state index is 3.69. The van der Waals surface area contributed by atoms with Gasteiger partial charge in [-0.1, -0.05) is 39.3 Å². The van der Waals surface area contributed by atoms with E-state index in [-0.39, 0.29) is 0 Å². The molecule has 2 nitrogen and oxygen atoms in total. The van der Waals surface area contributed by atoms with Crippen molar-refractivity contribution in [3.8, 4) is 0 Å². The highest BCUT2D eigenvalue weighted by molar-refractivity contribution is 5.46. The van der Waals surface area contributed by atoms with Crippen LogP contribution in [0.4, 0.5) is 5.69 Å². The minimum atomic E-state index is 0.588. The highest BCUT2D eigenvalue weighted by atomic mass is 15.0. The Balaban J connectivity index is 2.63. The first-order valence-corrected chi connectivity index (χ1v) is 7.55. The van der Waals surface area contributed by atoms with E-state index in [9.17, 15) is 0 Å². The smallest absolute Gasteiger partial charge is 0.0345 e. The number of nitrogens with one attached hydrogen (secondary N) is 1. The molecule has 2 unspecified atom stereocenters. The van der Waals surface area contributed by atoms with Crippen LogP contribution in [0, 0.1) is 5.92 Å². The van der Waals surface area contributed by atoms with Gasteiger partial charge in [-0.3, -0.25) is 0 Å². The molecule has 0 bridgehead atoms. The van der Waals surface area contributed by atoms with Gasteiger partial charge in [-0.05, 0) is 50.6 Å². The van der Waals surface area contributed by atoms with Gasteiger partial charge in [0.05, 0.1) is 0 Å². The Hall–Kier alpha value is -1.02. The fourth-order valence-corrected chi connectivity index (χ4v) is 2.34. The normalized spacial score (nSPS) is 14.4. The summed E-state index contributed by atoms with van der Waals surface area (Å²) in [5.74, 6) is 0.794. The van der Waals surface area contributed by atoms with Crippen molar-refractivity contribution >= 4 is 5.69 Å². The van der Waals surface area contributed by atoms with E-state index in [4.69, 9.17) is 0 Å². The second-order valence-corrected chi connectivity index (χ2v) is 5.94. The van der Waals surface area contributed by atoms with Gasteiger partial charge in [0.25, 0.3) is 0 Å². The lowest BCUT2D eigenvalue weighted by Crippen LogP contribution is -2.21. The third-order valence-corrected chi connectivity index (χ3v) is 3.67. The zero-order valence-corrected chi connectivity index (χ0v) is 13.2. The first kappa shape index (κ1) is 16.0. The molecule has 0 aliphatic rings. The van der Waals surface area contributed by atoms with Gasteiger partial charge < -0.3 is 10.2 Å². The number of benzene rings is 1. The van der Waals surface area contributed by atoms with Crippen LogP contribution in [-0.2, 0) is 6.54 Å². The highest BCUT2D eigenvalue weighted by Crippen LogP contribution is 2.18. The molecule has 0 fully saturated rings. The van der Waals surface area contributed by atoms with Gasteiger partial charge in [-0.15, -0.1) is 0 Å². The molecule has 1 rings (SSSR count). The van der Waals surface area contributed by atoms with Crippen LogP contribution in [0.15, 0.2) is 24.3 Å². The lowest BCUT2D eigenvalue weighted by atomic mass is 9.97. The summed E-state index contributed by atoms with van der Waals surface area (Å²) in [4.78, 5) is 2.20. The number of anilines is 1. The van der Waals surface area contributed by atoms with Crippen molar-refractivity contribution in [1.29, 1.82) is 0 Å². The van der Waals surface area contributed by atoms with Crippen molar-refractivity contribution in [2.75, 3.05) is 19.4 Å². The summed E-state index contributed by atoms with van der Waals surface area (Å²) in [7, 11) is 4.22. The van der Waals surface area contributed by atoms with Crippen LogP contribution in [0.25, 0.3) is 0 Å². The van der Waals surface area contributed by atoms with Crippen LogP contribution in [0.3, 0.4) is 0 Å². The van der Waals surface area contributed by atoms with Gasteiger partial charge >= 0.3 is 0 Å². The number of nitrogens with zero attached hydrogens (tertiary/aromatic N) is 1. The molecule has 0 amide bonds. The van der Waals surface area contributed by atoms with Crippen molar-refractivity contribution in [2.24, 2.45) is 5.92 Å². The maximum Gasteiger partial charge on any atom is 0.0345 e. The Morgan fingerprint density at radius 2 is 1.89 bits per heavy atom. The summed E-state index contributed by atoms with van der Waals surface area (Å²) < 4.78 is 0. The van der Waals surface area contributed by atoms with E-state index < -0.39 is 0 Å². The van der Waals surface area contributed by atoms with E-state index in [0.29, 0.717) is 6.04 Å². The van der Waals surface area contributed by atoms with Gasteiger partial charge in [-0.2, -0.15) is 0 Å². The topological polar surface area (TPSA) is 15.3 Å². The van der Waals surface area contributed by atoms with E-state index in [1.807, 2.05) is 0 Å². The molecule has 1 N–H and O–H groups in total. The molecule has 0 aliphatic heterocycles. The van der Waals surface area contributed by atoms with Crippen LogP contribution in [-0.4, -0.2) is 25.0 Å². The average Bonchev–Trinajstić information content (AvgIpc) is 2.37. The fraction of sp³-hybridized carbons (Fsp3) is 0.647. The molecule has 2 atom stereocenters. The Labute approximate surface area is 119 Å². The van der Waals surface area contributed by atoms with Gasteiger partial charge in [0.1, 0.15) is 0 Å². The SMILES string of the molecule is CCC(C)CC(CC)Nc1cccc(CN(C)C)c1. The summed E-state index contributed by atoms with van der Waals surface area (Å²) in [6.45, 7) is 7.88. The molecule has 1 aromatic carbocycles. The second kappa shape index (κ2) is 8.21. The van der Waals surface area contributed by atoms with Crippen LogP contribution < -0.4 is 5.32 Å². The second-order valence-electron chi connectivity index (χ2n) is 5.94. The maximum atomic E-state index is 3.69. The van der Waals surface area contributed by atoms with E-state index in [0.717, 1.165) is 12.5 Å². The van der Waals surface area contributed by atoms with Crippen molar-refractivity contribution in [1.82, 2.24) is 4.90 Å². The lowest BCUT2D eigenvalue weighted by molar-refractivity contribution is 0.402. The van der Waals surface area contributed by atoms with E-state index in [2.05, 4.69) is 69.3 Å². The number of hydrogen-bond acceptors (Lipinski definition) is 2. The monoisotopic (exact) mass is 262 g/mol. The molecule has 0 aliphatic carbocycles. The first-order valence-electron chi connectivity index (χ1n) is 7.55. The zero-order valence-electron chi connectivity index (χ0n) is 13.2. The summed E-state index contributed by atoms with van der Waals surface area (Å²) in [6.07, 6.45) is 3.70. The van der Waals surface area contributed by atoms with Gasteiger partial charge in [0, 0.05) is 18.3 Å². The quantitative estimate of drug-likeness (QED) is 0.748. The molecule has 1 aromatic rings. The Bertz CT molecular complexity index is 360. The molecule has 0 spiro atoms. The van der Waals surface area contributed by atoms with Gasteiger partial charge in [-0.25, -0.2) is 0 Å². The molecular formula is C17H30N2. The van der Waals surface area contributed by atoms with Crippen molar-refractivity contribution in [2.45, 2.75) is 52.6 Å². The minimum Gasteiger partial charge on any atom is -0.382 e. The van der Waals surface area contributed by atoms with E-state index in [1.165, 1.54) is 30.5 Å². The number of hydrogen-bond donors (Lipinski definition) is 1. The molecule has 0 aromatic heterocycles. The highest BCUT2D eigenvalue weighted by Gasteiger charge is 2.10. The summed E-state index contributed by atoms with van der Waals surface area (Å²) in [6, 6.07) is 9.39. The molecule has 0 saturated carbocycles. The largest absolute Gasteiger partial charge is 0.382 e. The molecule has 0 saturated heterocycles. The lowest BCUT2D eigenvalue weighted by Gasteiger charge is -2.22. The van der Waals surface area contributed by atoms with Crippen molar-refractivity contribution in [3.05, 3.63) is 29.8 Å². The Kier molecular flexibility index (Phi) is 6.93. The van der Waals surface area contributed by atoms with Crippen molar-refractivity contribution < 1.29 is 0 Å². The van der Waals surface area contributed by atoms with Gasteiger partial charge in [0.15, 0.2) is 0 Å². The summed E-state index contributed by atoms with van der Waals surface area (Å²) >= 11 is 0. The predicted molar refractivity (Wildman–Crippen MR) is 85.6 cm³/mol. The van der Waals surface area contributed by atoms with E-state index >= 15 is 0 Å². The molecule has 19 heavy (non-hydrogen) atoms. The standard InChI is InChI=1S/C17H30N2/c1-6-14(3)11-16(7-2)18-17-10-8-9-15(12-17)13-19(4)5/h8-10,12,14,16,18H,6-7,11,13H2,1-5H3. The molecule has 108 valence electrons. The summed E-state index contributed by atoms with van der Waals surface area (Å²) in [5, 5.41) is 3.69. The molecule has 0 radical (unpaired) electrons.